The number of hydrogen-bond acceptors (Lipinski definition) is 3. The van der Waals surface area contributed by atoms with Gasteiger partial charge in [0.25, 0.3) is 0 Å². The lowest BCUT2D eigenvalue weighted by molar-refractivity contribution is 0.125. The van der Waals surface area contributed by atoms with Crippen molar-refractivity contribution in [2.24, 2.45) is 11.7 Å². The molecule has 18 heavy (non-hydrogen) atoms. The molecule has 3 heteroatoms. The molecule has 0 spiro atoms. The third-order valence-corrected chi connectivity index (χ3v) is 4.99. The van der Waals surface area contributed by atoms with Crippen molar-refractivity contribution in [2.45, 2.75) is 51.0 Å². The summed E-state index contributed by atoms with van der Waals surface area (Å²) in [4.78, 5) is 5.14. The molecule has 0 atom stereocenters. The lowest BCUT2D eigenvalue weighted by atomic mass is 10.0. The Morgan fingerprint density at radius 1 is 1.11 bits per heavy atom. The van der Waals surface area contributed by atoms with Gasteiger partial charge in [-0.2, -0.15) is 0 Å². The molecule has 2 fully saturated rings. The zero-order valence-electron chi connectivity index (χ0n) is 12.1. The van der Waals surface area contributed by atoms with E-state index in [1.807, 2.05) is 0 Å². The van der Waals surface area contributed by atoms with Crippen LogP contribution in [0, 0.1) is 5.92 Å². The predicted molar refractivity (Wildman–Crippen MR) is 77.7 cm³/mol. The monoisotopic (exact) mass is 253 g/mol. The summed E-state index contributed by atoms with van der Waals surface area (Å²) in [5.41, 5.74) is 5.62. The molecule has 0 aromatic heterocycles. The highest BCUT2D eigenvalue weighted by Gasteiger charge is 2.23. The van der Waals surface area contributed by atoms with Gasteiger partial charge in [-0.15, -0.1) is 0 Å². The van der Waals surface area contributed by atoms with Crippen LogP contribution in [0.5, 0.6) is 0 Å². The fourth-order valence-electron chi connectivity index (χ4n) is 3.63. The van der Waals surface area contributed by atoms with Crippen LogP contribution in [0.1, 0.15) is 44.9 Å². The second-order valence-electron chi connectivity index (χ2n) is 6.28. The van der Waals surface area contributed by atoms with E-state index in [1.165, 1.54) is 64.6 Å². The average Bonchev–Trinajstić information content (AvgIpc) is 2.90. The summed E-state index contributed by atoms with van der Waals surface area (Å²) >= 11 is 0. The number of rotatable bonds is 6. The maximum atomic E-state index is 5.62. The van der Waals surface area contributed by atoms with Crippen molar-refractivity contribution in [3.8, 4) is 0 Å². The molecular weight excluding hydrogens is 222 g/mol. The van der Waals surface area contributed by atoms with Crippen LogP contribution in [-0.4, -0.2) is 55.6 Å². The standard InChI is InChI=1S/C15H31N3/c1-17(10-6-14-4-2-3-5-14)15-7-11-18(12-8-15)13-9-16/h14-15H,2-13,16H2,1H3. The van der Waals surface area contributed by atoms with Crippen LogP contribution in [0.3, 0.4) is 0 Å². The highest BCUT2D eigenvalue weighted by Crippen LogP contribution is 2.28. The highest BCUT2D eigenvalue weighted by molar-refractivity contribution is 4.79. The minimum absolute atomic E-state index is 0.808. The van der Waals surface area contributed by atoms with Gasteiger partial charge in [0.1, 0.15) is 0 Å². The van der Waals surface area contributed by atoms with E-state index in [9.17, 15) is 0 Å². The Kier molecular flexibility index (Phi) is 5.93. The lowest BCUT2D eigenvalue weighted by Gasteiger charge is -2.37. The molecule has 1 heterocycles. The van der Waals surface area contributed by atoms with Gasteiger partial charge in [0, 0.05) is 19.1 Å². The smallest absolute Gasteiger partial charge is 0.0117 e. The largest absolute Gasteiger partial charge is 0.329 e. The van der Waals surface area contributed by atoms with Crippen molar-refractivity contribution in [1.29, 1.82) is 0 Å². The maximum absolute atomic E-state index is 5.62. The van der Waals surface area contributed by atoms with E-state index >= 15 is 0 Å². The zero-order valence-corrected chi connectivity index (χ0v) is 12.1. The van der Waals surface area contributed by atoms with Crippen molar-refractivity contribution in [1.82, 2.24) is 9.80 Å². The molecule has 0 amide bonds. The van der Waals surface area contributed by atoms with Gasteiger partial charge < -0.3 is 15.5 Å². The molecular formula is C15H31N3. The first-order chi connectivity index (χ1) is 8.79. The van der Waals surface area contributed by atoms with Gasteiger partial charge in [0.15, 0.2) is 0 Å². The Bertz CT molecular complexity index is 218. The summed E-state index contributed by atoms with van der Waals surface area (Å²) in [6, 6.07) is 0.820. The quantitative estimate of drug-likeness (QED) is 0.785. The number of piperidine rings is 1. The first kappa shape index (κ1) is 14.3. The Morgan fingerprint density at radius 3 is 2.39 bits per heavy atom. The molecule has 0 unspecified atom stereocenters. The van der Waals surface area contributed by atoms with E-state index in [-0.39, 0.29) is 0 Å². The second-order valence-corrected chi connectivity index (χ2v) is 6.28. The summed E-state index contributed by atoms with van der Waals surface area (Å²) in [7, 11) is 2.33. The van der Waals surface area contributed by atoms with E-state index < -0.39 is 0 Å². The van der Waals surface area contributed by atoms with Gasteiger partial charge in [0.2, 0.25) is 0 Å². The summed E-state index contributed by atoms with van der Waals surface area (Å²) in [6.07, 6.45) is 10.0. The summed E-state index contributed by atoms with van der Waals surface area (Å²) in [5.74, 6) is 1.03. The third kappa shape index (κ3) is 4.22. The van der Waals surface area contributed by atoms with Crippen LogP contribution in [-0.2, 0) is 0 Å². The summed E-state index contributed by atoms with van der Waals surface area (Å²) in [5, 5.41) is 0. The molecule has 2 N–H and O–H groups in total. The van der Waals surface area contributed by atoms with E-state index in [4.69, 9.17) is 5.73 Å². The lowest BCUT2D eigenvalue weighted by Crippen LogP contribution is -2.45. The molecule has 0 aromatic rings. The molecule has 1 saturated carbocycles. The highest BCUT2D eigenvalue weighted by atomic mass is 15.2. The van der Waals surface area contributed by atoms with Crippen LogP contribution in [0.4, 0.5) is 0 Å². The van der Waals surface area contributed by atoms with Crippen LogP contribution in [0.15, 0.2) is 0 Å². The van der Waals surface area contributed by atoms with Gasteiger partial charge in [-0.25, -0.2) is 0 Å². The van der Waals surface area contributed by atoms with Crippen molar-refractivity contribution < 1.29 is 0 Å². The Labute approximate surface area is 113 Å². The van der Waals surface area contributed by atoms with E-state index in [1.54, 1.807) is 0 Å². The second kappa shape index (κ2) is 7.46. The van der Waals surface area contributed by atoms with Gasteiger partial charge >= 0.3 is 0 Å². The van der Waals surface area contributed by atoms with Crippen LogP contribution in [0.25, 0.3) is 0 Å². The van der Waals surface area contributed by atoms with E-state index in [0.29, 0.717) is 0 Å². The topological polar surface area (TPSA) is 32.5 Å². The number of hydrogen-bond donors (Lipinski definition) is 1. The van der Waals surface area contributed by atoms with Gasteiger partial charge in [-0.1, -0.05) is 25.7 Å². The Hall–Kier alpha value is -0.120. The van der Waals surface area contributed by atoms with Gasteiger partial charge in [0.05, 0.1) is 0 Å². The van der Waals surface area contributed by atoms with Gasteiger partial charge in [-0.05, 0) is 51.9 Å². The number of nitrogens with two attached hydrogens (primary N) is 1. The SMILES string of the molecule is CN(CCC1CCCC1)C1CCN(CCN)CC1. The van der Waals surface area contributed by atoms with Crippen LogP contribution >= 0.6 is 0 Å². The molecule has 2 rings (SSSR count). The minimum atomic E-state index is 0.808. The molecule has 1 saturated heterocycles. The van der Waals surface area contributed by atoms with Crippen molar-refractivity contribution in [3.63, 3.8) is 0 Å². The first-order valence-electron chi connectivity index (χ1n) is 7.92. The number of nitrogens with zero attached hydrogens (tertiary/aromatic N) is 2. The third-order valence-electron chi connectivity index (χ3n) is 4.99. The number of likely N-dealkylation sites (tertiary alicyclic amines) is 1. The van der Waals surface area contributed by atoms with E-state index in [2.05, 4.69) is 16.8 Å². The van der Waals surface area contributed by atoms with E-state index in [0.717, 1.165) is 25.0 Å². The molecule has 1 aliphatic carbocycles. The molecule has 106 valence electrons. The Morgan fingerprint density at radius 2 is 1.78 bits per heavy atom. The first-order valence-corrected chi connectivity index (χ1v) is 7.92. The molecule has 3 nitrogen and oxygen atoms in total. The molecule has 0 radical (unpaired) electrons. The predicted octanol–water partition coefficient (Wildman–Crippen LogP) is 1.92. The summed E-state index contributed by atoms with van der Waals surface area (Å²) in [6.45, 7) is 5.69. The minimum Gasteiger partial charge on any atom is -0.329 e. The summed E-state index contributed by atoms with van der Waals surface area (Å²) < 4.78 is 0. The fraction of sp³-hybridized carbons (Fsp3) is 1.00. The molecule has 0 bridgehead atoms. The Balaban J connectivity index is 1.62. The van der Waals surface area contributed by atoms with Crippen LogP contribution < -0.4 is 5.73 Å². The van der Waals surface area contributed by atoms with Gasteiger partial charge in [-0.3, -0.25) is 0 Å². The fourth-order valence-corrected chi connectivity index (χ4v) is 3.63. The zero-order chi connectivity index (χ0) is 12.8. The average molecular weight is 253 g/mol. The van der Waals surface area contributed by atoms with Crippen LogP contribution in [0.2, 0.25) is 0 Å². The normalized spacial score (nSPS) is 24.2. The van der Waals surface area contributed by atoms with Crippen molar-refractivity contribution in [2.75, 3.05) is 39.8 Å². The van der Waals surface area contributed by atoms with Crippen molar-refractivity contribution >= 4 is 0 Å². The molecule has 1 aliphatic heterocycles. The van der Waals surface area contributed by atoms with Crippen molar-refractivity contribution in [3.05, 3.63) is 0 Å². The molecule has 0 aromatic carbocycles. The maximum Gasteiger partial charge on any atom is 0.0117 e. The molecule has 2 aliphatic rings.